The number of halogens is 1. The van der Waals surface area contributed by atoms with Crippen molar-refractivity contribution in [2.45, 2.75) is 44.5 Å². The van der Waals surface area contributed by atoms with E-state index in [1.54, 1.807) is 0 Å². The maximum Gasteiger partial charge on any atom is 0.222 e. The number of imidazole rings is 1. The number of fused-ring (bicyclic) bond motifs is 1. The van der Waals surface area contributed by atoms with Gasteiger partial charge >= 0.3 is 0 Å². The Kier molecular flexibility index (Phi) is 3.65. The molecule has 2 aromatic heterocycles. The minimum atomic E-state index is -0.206. The second kappa shape index (κ2) is 5.33. The molecule has 21 heavy (non-hydrogen) atoms. The Balaban J connectivity index is 2.19. The third kappa shape index (κ3) is 2.31. The van der Waals surface area contributed by atoms with Gasteiger partial charge in [0.15, 0.2) is 5.65 Å². The molecular formula is C14H20ClN5O. The van der Waals surface area contributed by atoms with Gasteiger partial charge in [-0.25, -0.2) is 4.98 Å². The molecule has 7 heteroatoms. The molecule has 1 amide bonds. The molecule has 0 radical (unpaired) electrons. The van der Waals surface area contributed by atoms with Crippen molar-refractivity contribution in [1.82, 2.24) is 24.6 Å². The Morgan fingerprint density at radius 3 is 2.86 bits per heavy atom. The van der Waals surface area contributed by atoms with Gasteiger partial charge < -0.3 is 9.88 Å². The Morgan fingerprint density at radius 1 is 1.52 bits per heavy atom. The third-order valence-electron chi connectivity index (χ3n) is 3.93. The number of aromatic nitrogens is 4. The van der Waals surface area contributed by atoms with Gasteiger partial charge in [-0.15, -0.1) is 11.6 Å². The second-order valence-electron chi connectivity index (χ2n) is 5.61. The van der Waals surface area contributed by atoms with E-state index in [4.69, 9.17) is 16.6 Å². The predicted molar refractivity (Wildman–Crippen MR) is 81.4 cm³/mol. The summed E-state index contributed by atoms with van der Waals surface area (Å²) in [5.74, 6) is 0.893. The van der Waals surface area contributed by atoms with Gasteiger partial charge in [-0.2, -0.15) is 5.10 Å². The van der Waals surface area contributed by atoms with Crippen molar-refractivity contribution in [1.29, 1.82) is 0 Å². The van der Waals surface area contributed by atoms with E-state index in [1.807, 2.05) is 18.7 Å². The van der Waals surface area contributed by atoms with Crippen LogP contribution in [0, 0.1) is 0 Å². The van der Waals surface area contributed by atoms with Crippen LogP contribution in [0.4, 0.5) is 0 Å². The second-order valence-corrected chi connectivity index (χ2v) is 6.27. The lowest BCUT2D eigenvalue weighted by Gasteiger charge is -2.16. The molecule has 2 aromatic rings. The summed E-state index contributed by atoms with van der Waals surface area (Å²) >= 11 is 6.31. The summed E-state index contributed by atoms with van der Waals surface area (Å²) in [5, 5.41) is 7.25. The first-order valence-corrected chi connectivity index (χ1v) is 7.81. The molecule has 1 aliphatic heterocycles. The fourth-order valence-electron chi connectivity index (χ4n) is 3.04. The van der Waals surface area contributed by atoms with Gasteiger partial charge in [0.1, 0.15) is 11.3 Å². The zero-order valence-electron chi connectivity index (χ0n) is 12.6. The number of hydrogen-bond acceptors (Lipinski definition) is 3. The zero-order valence-corrected chi connectivity index (χ0v) is 13.3. The van der Waals surface area contributed by atoms with E-state index in [9.17, 15) is 4.79 Å². The summed E-state index contributed by atoms with van der Waals surface area (Å²) in [6.07, 6.45) is 2.39. The van der Waals surface area contributed by atoms with Crippen molar-refractivity contribution in [3.8, 4) is 0 Å². The average Bonchev–Trinajstić information content (AvgIpc) is 3.07. The van der Waals surface area contributed by atoms with Crippen LogP contribution in [0.1, 0.15) is 49.6 Å². The summed E-state index contributed by atoms with van der Waals surface area (Å²) in [5.41, 5.74) is 2.88. The average molecular weight is 310 g/mol. The van der Waals surface area contributed by atoms with Gasteiger partial charge in [0.2, 0.25) is 5.91 Å². The Hall–Kier alpha value is -1.56. The highest BCUT2D eigenvalue weighted by atomic mass is 35.5. The van der Waals surface area contributed by atoms with E-state index in [1.165, 1.54) is 0 Å². The van der Waals surface area contributed by atoms with Crippen LogP contribution in [-0.4, -0.2) is 31.8 Å². The molecule has 1 fully saturated rings. The third-order valence-corrected chi connectivity index (χ3v) is 4.12. The zero-order chi connectivity index (χ0) is 15.1. The van der Waals surface area contributed by atoms with E-state index in [0.717, 1.165) is 35.5 Å². The first kappa shape index (κ1) is 14.4. The lowest BCUT2D eigenvalue weighted by Crippen LogP contribution is -2.18. The molecule has 3 heterocycles. The van der Waals surface area contributed by atoms with Crippen molar-refractivity contribution >= 4 is 28.7 Å². The summed E-state index contributed by atoms with van der Waals surface area (Å²) < 4.78 is 3.95. The highest BCUT2D eigenvalue weighted by Crippen LogP contribution is 2.32. The molecule has 1 aliphatic rings. The van der Waals surface area contributed by atoms with E-state index in [-0.39, 0.29) is 17.3 Å². The van der Waals surface area contributed by atoms with Crippen molar-refractivity contribution in [2.75, 3.05) is 6.54 Å². The van der Waals surface area contributed by atoms with Crippen LogP contribution >= 0.6 is 11.6 Å². The Bertz CT molecular complexity index is 687. The summed E-state index contributed by atoms with van der Waals surface area (Å²) in [4.78, 5) is 16.3. The Labute approximate surface area is 128 Å². The molecule has 114 valence electrons. The minimum absolute atomic E-state index is 0.0589. The normalized spacial score (nSPS) is 20.2. The standard InChI is InChI=1S/C14H20ClN5O/c1-4-5-10-12-14(19(3)18-10)20(13(17-12)8(2)15)9-6-11(21)16-7-9/h8-9H,4-7H2,1-3H3,(H,16,21). The first-order chi connectivity index (χ1) is 10.0. The van der Waals surface area contributed by atoms with Crippen molar-refractivity contribution in [2.24, 2.45) is 7.05 Å². The van der Waals surface area contributed by atoms with Crippen LogP contribution in [0.2, 0.25) is 0 Å². The molecule has 3 rings (SSSR count). The van der Waals surface area contributed by atoms with Crippen LogP contribution in [0.5, 0.6) is 0 Å². The number of rotatable bonds is 4. The van der Waals surface area contributed by atoms with Crippen LogP contribution < -0.4 is 5.32 Å². The quantitative estimate of drug-likeness (QED) is 0.880. The molecule has 0 spiro atoms. The number of carbonyl (C=O) groups is 1. The van der Waals surface area contributed by atoms with E-state index >= 15 is 0 Å². The number of aryl methyl sites for hydroxylation is 2. The van der Waals surface area contributed by atoms with Gasteiger partial charge in [-0.05, 0) is 13.3 Å². The number of nitrogens with zero attached hydrogens (tertiary/aromatic N) is 4. The lowest BCUT2D eigenvalue weighted by molar-refractivity contribution is -0.119. The van der Waals surface area contributed by atoms with Crippen LogP contribution in [-0.2, 0) is 18.3 Å². The smallest absolute Gasteiger partial charge is 0.222 e. The van der Waals surface area contributed by atoms with Gasteiger partial charge in [0, 0.05) is 20.0 Å². The maximum absolute atomic E-state index is 11.6. The number of amides is 1. The van der Waals surface area contributed by atoms with E-state index in [0.29, 0.717) is 13.0 Å². The van der Waals surface area contributed by atoms with Gasteiger partial charge in [0.05, 0.1) is 17.1 Å². The van der Waals surface area contributed by atoms with E-state index in [2.05, 4.69) is 21.9 Å². The molecular weight excluding hydrogens is 290 g/mol. The molecule has 2 unspecified atom stereocenters. The molecule has 0 bridgehead atoms. The summed E-state index contributed by atoms with van der Waals surface area (Å²) in [7, 11) is 1.92. The number of alkyl halides is 1. The Morgan fingerprint density at radius 2 is 2.29 bits per heavy atom. The topological polar surface area (TPSA) is 64.7 Å². The first-order valence-electron chi connectivity index (χ1n) is 7.37. The van der Waals surface area contributed by atoms with Gasteiger partial charge in [-0.1, -0.05) is 13.3 Å². The molecule has 2 atom stereocenters. The van der Waals surface area contributed by atoms with Crippen molar-refractivity contribution < 1.29 is 4.79 Å². The summed E-state index contributed by atoms with van der Waals surface area (Å²) in [6, 6.07) is 0.0589. The highest BCUT2D eigenvalue weighted by Gasteiger charge is 2.30. The molecule has 6 nitrogen and oxygen atoms in total. The molecule has 1 N–H and O–H groups in total. The fourth-order valence-corrected chi connectivity index (χ4v) is 3.19. The van der Waals surface area contributed by atoms with Gasteiger partial charge in [-0.3, -0.25) is 9.48 Å². The van der Waals surface area contributed by atoms with Gasteiger partial charge in [0.25, 0.3) is 0 Å². The molecule has 1 saturated heterocycles. The maximum atomic E-state index is 11.6. The lowest BCUT2D eigenvalue weighted by atomic mass is 10.2. The monoisotopic (exact) mass is 309 g/mol. The number of hydrogen-bond donors (Lipinski definition) is 1. The SMILES string of the molecule is CCCc1nn(C)c2c1nc(C(C)Cl)n2C1CNC(=O)C1. The van der Waals surface area contributed by atoms with Crippen LogP contribution in [0.15, 0.2) is 0 Å². The summed E-state index contributed by atoms with van der Waals surface area (Å²) in [6.45, 7) is 4.66. The largest absolute Gasteiger partial charge is 0.354 e. The predicted octanol–water partition coefficient (Wildman–Crippen LogP) is 2.08. The number of carbonyl (C=O) groups excluding carboxylic acids is 1. The molecule has 0 saturated carbocycles. The van der Waals surface area contributed by atoms with Crippen molar-refractivity contribution in [3.05, 3.63) is 11.5 Å². The van der Waals surface area contributed by atoms with Crippen LogP contribution in [0.25, 0.3) is 11.2 Å². The molecule has 0 aliphatic carbocycles. The van der Waals surface area contributed by atoms with E-state index < -0.39 is 0 Å². The van der Waals surface area contributed by atoms with Crippen molar-refractivity contribution in [3.63, 3.8) is 0 Å². The van der Waals surface area contributed by atoms with Crippen LogP contribution in [0.3, 0.4) is 0 Å². The highest BCUT2D eigenvalue weighted by molar-refractivity contribution is 6.20. The molecule has 0 aromatic carbocycles. The fraction of sp³-hybridized carbons (Fsp3) is 0.643. The number of nitrogens with one attached hydrogen (secondary N) is 1. The minimum Gasteiger partial charge on any atom is -0.354 e.